The first kappa shape index (κ1) is 40.2. The number of phenols is 6. The molecule has 0 heterocycles. The van der Waals surface area contributed by atoms with Crippen LogP contribution in [0.2, 0.25) is 0 Å². The lowest BCUT2D eigenvalue weighted by Gasteiger charge is -2.23. The van der Waals surface area contributed by atoms with Gasteiger partial charge < -0.3 is 40.4 Å². The molecule has 4 rings (SSSR count). The van der Waals surface area contributed by atoms with Gasteiger partial charge >= 0.3 is 0 Å². The van der Waals surface area contributed by atoms with E-state index in [2.05, 4.69) is 47.5 Å². The maximum atomic E-state index is 12.3. The van der Waals surface area contributed by atoms with E-state index in [0.29, 0.717) is 81.1 Å². The van der Waals surface area contributed by atoms with Gasteiger partial charge in [-0.2, -0.15) is 0 Å². The van der Waals surface area contributed by atoms with Gasteiger partial charge in [0.25, 0.3) is 0 Å². The molecule has 0 unspecified atom stereocenters. The summed E-state index contributed by atoms with van der Waals surface area (Å²) in [5, 5.41) is 71.6. The van der Waals surface area contributed by atoms with Gasteiger partial charge in [0.1, 0.15) is 11.5 Å². The molecule has 52 heavy (non-hydrogen) atoms. The smallest absolute Gasteiger partial charge is 0.167 e. The number of aliphatic imine (C=N–C) groups is 2. The third-order valence-corrected chi connectivity index (χ3v) is 10.3. The van der Waals surface area contributed by atoms with Gasteiger partial charge in [0.2, 0.25) is 0 Å². The SMILES string of the molecule is CCN(CC)CCN=Cc1c(O)c(O)c(C(C)C)c2cc(C)c(-c3c(C)cc4c(C(C)C)c(O)c(O)c(C=NCCN(CC)CC)c4c3O)c(O)c12. The average molecular weight is 715 g/mol. The largest absolute Gasteiger partial charge is 0.507 e. The highest BCUT2D eigenvalue weighted by atomic mass is 16.3. The summed E-state index contributed by atoms with van der Waals surface area (Å²) in [6.07, 6.45) is 3.00. The zero-order chi connectivity index (χ0) is 38.6. The molecule has 0 aliphatic rings. The normalized spacial score (nSPS) is 12.5. The van der Waals surface area contributed by atoms with Crippen molar-refractivity contribution in [2.75, 3.05) is 52.4 Å². The molecule has 4 aromatic carbocycles. The van der Waals surface area contributed by atoms with E-state index < -0.39 is 0 Å². The second-order valence-electron chi connectivity index (χ2n) is 14.2. The molecule has 10 nitrogen and oxygen atoms in total. The molecule has 10 heteroatoms. The van der Waals surface area contributed by atoms with E-state index in [1.54, 1.807) is 0 Å². The highest BCUT2D eigenvalue weighted by Crippen LogP contribution is 2.54. The number of aromatic hydroxyl groups is 6. The molecule has 4 aromatic rings. The van der Waals surface area contributed by atoms with E-state index in [0.717, 1.165) is 26.2 Å². The first-order valence-electron chi connectivity index (χ1n) is 18.6. The highest BCUT2D eigenvalue weighted by Gasteiger charge is 2.29. The third kappa shape index (κ3) is 7.50. The summed E-state index contributed by atoms with van der Waals surface area (Å²) in [6, 6.07) is 3.72. The van der Waals surface area contributed by atoms with Crippen LogP contribution >= 0.6 is 0 Å². The van der Waals surface area contributed by atoms with Crippen LogP contribution < -0.4 is 0 Å². The number of phenolic OH excluding ortho intramolecular Hbond substituents is 6. The van der Waals surface area contributed by atoms with E-state index in [-0.39, 0.29) is 57.5 Å². The van der Waals surface area contributed by atoms with Gasteiger partial charge in [-0.15, -0.1) is 0 Å². The van der Waals surface area contributed by atoms with Crippen molar-refractivity contribution >= 4 is 34.0 Å². The fourth-order valence-electron chi connectivity index (χ4n) is 7.41. The minimum absolute atomic E-state index is 0.179. The number of fused-ring (bicyclic) bond motifs is 2. The lowest BCUT2D eigenvalue weighted by molar-refractivity contribution is 0.313. The Morgan fingerprint density at radius 3 is 1.15 bits per heavy atom. The summed E-state index contributed by atoms with van der Waals surface area (Å²) in [5.74, 6) is -2.04. The second kappa shape index (κ2) is 16.9. The molecule has 0 spiro atoms. The van der Waals surface area contributed by atoms with Gasteiger partial charge in [-0.3, -0.25) is 9.98 Å². The molecule has 0 saturated carbocycles. The Hall–Kier alpha value is -4.54. The fraction of sp³-hybridized carbons (Fsp3) is 0.476. The summed E-state index contributed by atoms with van der Waals surface area (Å²) in [6.45, 7) is 25.4. The maximum absolute atomic E-state index is 12.3. The number of likely N-dealkylation sites (N-methyl/N-ethyl adjacent to an activating group) is 2. The van der Waals surface area contributed by atoms with Crippen LogP contribution in [0.4, 0.5) is 0 Å². The summed E-state index contributed by atoms with van der Waals surface area (Å²) in [4.78, 5) is 13.6. The van der Waals surface area contributed by atoms with E-state index in [4.69, 9.17) is 0 Å². The predicted molar refractivity (Wildman–Crippen MR) is 215 cm³/mol. The molecule has 0 atom stereocenters. The molecule has 0 aliphatic heterocycles. The number of hydrogen-bond acceptors (Lipinski definition) is 10. The van der Waals surface area contributed by atoms with Crippen LogP contribution in [0.15, 0.2) is 22.1 Å². The molecule has 0 amide bonds. The zero-order valence-corrected chi connectivity index (χ0v) is 32.6. The van der Waals surface area contributed by atoms with Crippen LogP contribution in [0.5, 0.6) is 34.5 Å². The van der Waals surface area contributed by atoms with E-state index in [1.807, 2.05) is 53.7 Å². The Morgan fingerprint density at radius 2 is 0.865 bits per heavy atom. The minimum atomic E-state index is -0.377. The molecule has 0 aliphatic carbocycles. The standard InChI is InChI=1S/C42H58N4O6/c1-11-45(12-2)17-15-43-21-29-35-27(31(23(5)6)41(51)37(29)47)19-25(9)33(39(35)49)34-26(10)20-28-32(24(7)8)42(52)38(48)30(36(28)40(34)50)22-44-16-18-46(13-3)14-4/h19-24,47-52H,11-18H2,1-10H3. The molecule has 0 radical (unpaired) electrons. The monoisotopic (exact) mass is 714 g/mol. The van der Waals surface area contributed by atoms with Crippen molar-refractivity contribution in [2.45, 2.75) is 81.1 Å². The molecule has 0 fully saturated rings. The van der Waals surface area contributed by atoms with Crippen LogP contribution in [0, 0.1) is 13.8 Å². The van der Waals surface area contributed by atoms with Gasteiger partial charge in [-0.05, 0) is 73.8 Å². The number of aryl methyl sites for hydroxylation is 2. The van der Waals surface area contributed by atoms with Crippen LogP contribution in [-0.2, 0) is 0 Å². The number of hydrogen-bond donors (Lipinski definition) is 6. The van der Waals surface area contributed by atoms with Crippen molar-refractivity contribution in [2.24, 2.45) is 9.98 Å². The number of benzene rings is 4. The highest BCUT2D eigenvalue weighted by molar-refractivity contribution is 6.15. The molecule has 0 bridgehead atoms. The van der Waals surface area contributed by atoms with E-state index in [9.17, 15) is 30.6 Å². The first-order valence-corrected chi connectivity index (χ1v) is 18.6. The van der Waals surface area contributed by atoms with Gasteiger partial charge in [0, 0.05) is 69.7 Å². The predicted octanol–water partition coefficient (Wildman–Crippen LogP) is 8.28. The number of nitrogens with zero attached hydrogens (tertiary/aromatic N) is 4. The molecule has 282 valence electrons. The Kier molecular flexibility index (Phi) is 13.0. The van der Waals surface area contributed by atoms with Crippen LogP contribution in [0.3, 0.4) is 0 Å². The molecular formula is C42H58N4O6. The van der Waals surface area contributed by atoms with E-state index in [1.165, 1.54) is 12.4 Å². The van der Waals surface area contributed by atoms with Crippen molar-refractivity contribution in [1.82, 2.24) is 9.80 Å². The van der Waals surface area contributed by atoms with Crippen molar-refractivity contribution < 1.29 is 30.6 Å². The minimum Gasteiger partial charge on any atom is -0.507 e. The Morgan fingerprint density at radius 1 is 0.538 bits per heavy atom. The van der Waals surface area contributed by atoms with Crippen molar-refractivity contribution in [3.8, 4) is 45.6 Å². The Balaban J connectivity index is 2.09. The fourth-order valence-corrected chi connectivity index (χ4v) is 7.41. The zero-order valence-electron chi connectivity index (χ0n) is 32.6. The van der Waals surface area contributed by atoms with Crippen molar-refractivity contribution in [3.63, 3.8) is 0 Å². The lowest BCUT2D eigenvalue weighted by Crippen LogP contribution is -2.25. The molecule has 0 aromatic heterocycles. The lowest BCUT2D eigenvalue weighted by atomic mass is 9.83. The average Bonchev–Trinajstić information content (AvgIpc) is 3.09. The second-order valence-corrected chi connectivity index (χ2v) is 14.2. The van der Waals surface area contributed by atoms with Gasteiger partial charge in [0.15, 0.2) is 23.0 Å². The van der Waals surface area contributed by atoms with Crippen LogP contribution in [0.1, 0.15) is 101 Å². The van der Waals surface area contributed by atoms with Crippen molar-refractivity contribution in [1.29, 1.82) is 0 Å². The van der Waals surface area contributed by atoms with Crippen LogP contribution in [-0.4, -0.2) is 105 Å². The van der Waals surface area contributed by atoms with Gasteiger partial charge in [-0.25, -0.2) is 0 Å². The molecular weight excluding hydrogens is 656 g/mol. The van der Waals surface area contributed by atoms with E-state index >= 15 is 0 Å². The molecule has 6 N–H and O–H groups in total. The van der Waals surface area contributed by atoms with Gasteiger partial charge in [0.05, 0.1) is 13.1 Å². The number of rotatable bonds is 15. The molecule has 0 saturated heterocycles. The van der Waals surface area contributed by atoms with Gasteiger partial charge in [-0.1, -0.05) is 67.5 Å². The van der Waals surface area contributed by atoms with Crippen molar-refractivity contribution in [3.05, 3.63) is 45.5 Å². The third-order valence-electron chi connectivity index (χ3n) is 10.3. The summed E-state index contributed by atoms with van der Waals surface area (Å²) >= 11 is 0. The van der Waals surface area contributed by atoms with Crippen LogP contribution in [0.25, 0.3) is 32.7 Å². The first-order chi connectivity index (χ1) is 24.7. The summed E-state index contributed by atoms with van der Waals surface area (Å²) in [7, 11) is 0. The Bertz CT molecular complexity index is 1850. The quantitative estimate of drug-likeness (QED) is 0.0532. The Labute approximate surface area is 308 Å². The summed E-state index contributed by atoms with van der Waals surface area (Å²) < 4.78 is 0. The summed E-state index contributed by atoms with van der Waals surface area (Å²) in [5.41, 5.74) is 3.26. The maximum Gasteiger partial charge on any atom is 0.167 e. The topological polar surface area (TPSA) is 153 Å².